The Morgan fingerprint density at radius 2 is 1.57 bits per heavy atom. The molecular formula is C24H25N3O3. The summed E-state index contributed by atoms with van der Waals surface area (Å²) in [5.74, 6) is 1.06. The van der Waals surface area contributed by atoms with Crippen LogP contribution in [0.15, 0.2) is 78.9 Å². The van der Waals surface area contributed by atoms with Gasteiger partial charge < -0.3 is 20.3 Å². The molecule has 3 amide bonds. The summed E-state index contributed by atoms with van der Waals surface area (Å²) < 4.78 is 5.78. The van der Waals surface area contributed by atoms with E-state index in [1.54, 1.807) is 25.2 Å². The predicted octanol–water partition coefficient (Wildman–Crippen LogP) is 5.14. The maximum absolute atomic E-state index is 12.5. The van der Waals surface area contributed by atoms with E-state index < -0.39 is 0 Å². The lowest BCUT2D eigenvalue weighted by atomic mass is 10.1. The van der Waals surface area contributed by atoms with E-state index in [-0.39, 0.29) is 18.5 Å². The molecule has 3 rings (SSSR count). The standard InChI is InChI=1S/C24H25N3O3/c1-3-18-10-7-8-15-22(18)26-23(28)17-27(2)24(29)25-19-11-9-14-21(16-19)30-20-12-5-4-6-13-20/h4-16H,3,17H2,1-2H3,(H,25,29)(H,26,28). The number of ether oxygens (including phenoxy) is 1. The molecule has 0 heterocycles. The van der Waals surface area contributed by atoms with Gasteiger partial charge in [-0.25, -0.2) is 4.79 Å². The first-order valence-electron chi connectivity index (χ1n) is 9.78. The molecule has 3 aromatic rings. The van der Waals surface area contributed by atoms with Crippen LogP contribution in [0.4, 0.5) is 16.2 Å². The first-order valence-corrected chi connectivity index (χ1v) is 9.78. The normalized spacial score (nSPS) is 10.2. The first kappa shape index (κ1) is 20.9. The van der Waals surface area contributed by atoms with Gasteiger partial charge in [0, 0.05) is 24.5 Å². The minimum Gasteiger partial charge on any atom is -0.457 e. The Balaban J connectivity index is 1.56. The third-order valence-electron chi connectivity index (χ3n) is 4.46. The Kier molecular flexibility index (Phi) is 7.05. The minimum absolute atomic E-state index is 0.0654. The Hall–Kier alpha value is -3.80. The van der Waals surface area contributed by atoms with Gasteiger partial charge in [0.25, 0.3) is 0 Å². The summed E-state index contributed by atoms with van der Waals surface area (Å²) in [4.78, 5) is 26.2. The summed E-state index contributed by atoms with van der Waals surface area (Å²) in [7, 11) is 1.57. The average molecular weight is 403 g/mol. The summed E-state index contributed by atoms with van der Waals surface area (Å²) in [6.07, 6.45) is 0.814. The molecule has 0 saturated heterocycles. The summed E-state index contributed by atoms with van der Waals surface area (Å²) >= 11 is 0. The number of amides is 3. The van der Waals surface area contributed by atoms with Crippen LogP contribution >= 0.6 is 0 Å². The third-order valence-corrected chi connectivity index (χ3v) is 4.46. The molecule has 6 heteroatoms. The van der Waals surface area contributed by atoms with Crippen LogP contribution in [0.25, 0.3) is 0 Å². The van der Waals surface area contributed by atoms with Crippen molar-refractivity contribution in [3.63, 3.8) is 0 Å². The smallest absolute Gasteiger partial charge is 0.322 e. The van der Waals surface area contributed by atoms with Crippen molar-refractivity contribution in [2.45, 2.75) is 13.3 Å². The molecule has 0 aliphatic rings. The van der Waals surface area contributed by atoms with Gasteiger partial charge in [-0.3, -0.25) is 4.79 Å². The van der Waals surface area contributed by atoms with Gasteiger partial charge in [0.2, 0.25) is 5.91 Å². The molecule has 0 saturated carbocycles. The van der Waals surface area contributed by atoms with E-state index in [4.69, 9.17) is 4.74 Å². The zero-order valence-electron chi connectivity index (χ0n) is 17.1. The highest BCUT2D eigenvalue weighted by atomic mass is 16.5. The summed E-state index contributed by atoms with van der Waals surface area (Å²) in [5.41, 5.74) is 2.40. The SMILES string of the molecule is CCc1ccccc1NC(=O)CN(C)C(=O)Nc1cccc(Oc2ccccc2)c1. The quantitative estimate of drug-likeness (QED) is 0.574. The van der Waals surface area contributed by atoms with Crippen LogP contribution in [0.2, 0.25) is 0 Å². The largest absolute Gasteiger partial charge is 0.457 e. The number of rotatable bonds is 7. The molecular weight excluding hydrogens is 378 g/mol. The van der Waals surface area contributed by atoms with Crippen molar-refractivity contribution in [3.05, 3.63) is 84.4 Å². The second-order valence-electron chi connectivity index (χ2n) is 6.79. The lowest BCUT2D eigenvalue weighted by Crippen LogP contribution is -2.37. The Morgan fingerprint density at radius 3 is 2.33 bits per heavy atom. The number of hydrogen-bond acceptors (Lipinski definition) is 3. The van der Waals surface area contributed by atoms with Gasteiger partial charge in [0.1, 0.15) is 18.0 Å². The summed E-state index contributed by atoms with van der Waals surface area (Å²) in [6.45, 7) is 1.96. The van der Waals surface area contributed by atoms with Crippen molar-refractivity contribution < 1.29 is 14.3 Å². The lowest BCUT2D eigenvalue weighted by molar-refractivity contribution is -0.116. The van der Waals surface area contributed by atoms with Gasteiger partial charge in [-0.15, -0.1) is 0 Å². The van der Waals surface area contributed by atoms with Crippen LogP contribution in [0, 0.1) is 0 Å². The molecule has 0 radical (unpaired) electrons. The predicted molar refractivity (Wildman–Crippen MR) is 119 cm³/mol. The highest BCUT2D eigenvalue weighted by Gasteiger charge is 2.14. The van der Waals surface area contributed by atoms with Crippen LogP contribution < -0.4 is 15.4 Å². The second kappa shape index (κ2) is 10.1. The van der Waals surface area contributed by atoms with E-state index in [1.807, 2.05) is 67.6 Å². The van der Waals surface area contributed by atoms with Crippen LogP contribution in [0.5, 0.6) is 11.5 Å². The fraction of sp³-hybridized carbons (Fsp3) is 0.167. The molecule has 0 spiro atoms. The maximum Gasteiger partial charge on any atom is 0.322 e. The Labute approximate surface area is 176 Å². The zero-order valence-corrected chi connectivity index (χ0v) is 17.1. The van der Waals surface area contributed by atoms with Gasteiger partial charge in [-0.05, 0) is 42.3 Å². The van der Waals surface area contributed by atoms with Gasteiger partial charge in [-0.2, -0.15) is 0 Å². The fourth-order valence-electron chi connectivity index (χ4n) is 2.91. The van der Waals surface area contributed by atoms with Gasteiger partial charge in [-0.1, -0.05) is 49.4 Å². The molecule has 0 aliphatic heterocycles. The molecule has 0 fully saturated rings. The molecule has 30 heavy (non-hydrogen) atoms. The molecule has 2 N–H and O–H groups in total. The van der Waals surface area contributed by atoms with Crippen molar-refractivity contribution in [1.29, 1.82) is 0 Å². The summed E-state index contributed by atoms with van der Waals surface area (Å²) in [6, 6.07) is 23.7. The molecule has 0 aromatic heterocycles. The van der Waals surface area contributed by atoms with Crippen molar-refractivity contribution >= 4 is 23.3 Å². The number of carbonyl (C=O) groups excluding carboxylic acids is 2. The average Bonchev–Trinajstić information content (AvgIpc) is 2.75. The molecule has 3 aromatic carbocycles. The second-order valence-corrected chi connectivity index (χ2v) is 6.79. The fourth-order valence-corrected chi connectivity index (χ4v) is 2.91. The molecule has 0 unspecified atom stereocenters. The molecule has 6 nitrogen and oxygen atoms in total. The molecule has 0 aliphatic carbocycles. The summed E-state index contributed by atoms with van der Waals surface area (Å²) in [5, 5.41) is 5.65. The molecule has 154 valence electrons. The van der Waals surface area contributed by atoms with Crippen molar-refractivity contribution in [2.75, 3.05) is 24.2 Å². The number of likely N-dealkylation sites (N-methyl/N-ethyl adjacent to an activating group) is 1. The van der Waals surface area contributed by atoms with E-state index in [9.17, 15) is 9.59 Å². The maximum atomic E-state index is 12.5. The number of para-hydroxylation sites is 2. The topological polar surface area (TPSA) is 70.7 Å². The number of anilines is 2. The van der Waals surface area contributed by atoms with E-state index in [0.29, 0.717) is 17.2 Å². The molecule has 0 bridgehead atoms. The number of urea groups is 1. The Morgan fingerprint density at radius 1 is 0.867 bits per heavy atom. The van der Waals surface area contributed by atoms with Gasteiger partial charge in [0.15, 0.2) is 0 Å². The number of benzene rings is 3. The number of hydrogen-bond donors (Lipinski definition) is 2. The van der Waals surface area contributed by atoms with Crippen molar-refractivity contribution in [3.8, 4) is 11.5 Å². The molecule has 0 atom stereocenters. The van der Waals surface area contributed by atoms with Crippen molar-refractivity contribution in [2.24, 2.45) is 0 Å². The van der Waals surface area contributed by atoms with E-state index in [1.165, 1.54) is 4.90 Å². The highest BCUT2D eigenvalue weighted by Crippen LogP contribution is 2.24. The van der Waals surface area contributed by atoms with Crippen LogP contribution in [0.3, 0.4) is 0 Å². The van der Waals surface area contributed by atoms with Gasteiger partial charge >= 0.3 is 6.03 Å². The third kappa shape index (κ3) is 5.85. The van der Waals surface area contributed by atoms with Gasteiger partial charge in [0.05, 0.1) is 0 Å². The Bertz CT molecular complexity index is 1010. The van der Waals surface area contributed by atoms with E-state index in [2.05, 4.69) is 10.6 Å². The first-order chi connectivity index (χ1) is 14.5. The van der Waals surface area contributed by atoms with E-state index >= 15 is 0 Å². The van der Waals surface area contributed by atoms with Crippen LogP contribution in [0.1, 0.15) is 12.5 Å². The number of carbonyl (C=O) groups is 2. The minimum atomic E-state index is -0.384. The highest BCUT2D eigenvalue weighted by molar-refractivity contribution is 5.97. The number of nitrogens with one attached hydrogen (secondary N) is 2. The number of nitrogens with zero attached hydrogens (tertiary/aromatic N) is 1. The zero-order chi connectivity index (χ0) is 21.3. The van der Waals surface area contributed by atoms with Crippen molar-refractivity contribution in [1.82, 2.24) is 4.90 Å². The number of aryl methyl sites for hydroxylation is 1. The monoisotopic (exact) mass is 403 g/mol. The van der Waals surface area contributed by atoms with Crippen LogP contribution in [-0.4, -0.2) is 30.4 Å². The lowest BCUT2D eigenvalue weighted by Gasteiger charge is -2.18. The van der Waals surface area contributed by atoms with Crippen LogP contribution in [-0.2, 0) is 11.2 Å². The van der Waals surface area contributed by atoms with E-state index in [0.717, 1.165) is 17.7 Å².